The number of alkyl halides is 3. The summed E-state index contributed by atoms with van der Waals surface area (Å²) in [5, 5.41) is 2.26. The fraction of sp³-hybridized carbons (Fsp3) is 0.188. The van der Waals surface area contributed by atoms with Crippen LogP contribution in [0, 0.1) is 0 Å². The van der Waals surface area contributed by atoms with E-state index in [4.69, 9.17) is 23.2 Å². The van der Waals surface area contributed by atoms with Gasteiger partial charge in [0.1, 0.15) is 4.90 Å². The molecule has 2 N–H and O–H groups in total. The van der Waals surface area contributed by atoms with Gasteiger partial charge in [-0.15, -0.1) is 0 Å². The number of hydrogen-bond donors (Lipinski definition) is 2. The molecule has 5 nitrogen and oxygen atoms in total. The van der Waals surface area contributed by atoms with Crippen molar-refractivity contribution in [3.05, 3.63) is 58.1 Å². The first kappa shape index (κ1) is 21.5. The highest BCUT2D eigenvalue weighted by atomic mass is 35.5. The van der Waals surface area contributed by atoms with E-state index >= 15 is 0 Å². The van der Waals surface area contributed by atoms with Crippen molar-refractivity contribution in [1.82, 2.24) is 4.72 Å². The number of rotatable bonds is 5. The maximum atomic E-state index is 12.7. The molecule has 0 aliphatic rings. The molecule has 1 amide bonds. The number of carbonyl (C=O) groups excluding carboxylic acids is 1. The van der Waals surface area contributed by atoms with Gasteiger partial charge in [-0.25, -0.2) is 8.42 Å². The van der Waals surface area contributed by atoms with Crippen LogP contribution in [0.25, 0.3) is 0 Å². The van der Waals surface area contributed by atoms with Gasteiger partial charge < -0.3 is 5.32 Å². The number of anilines is 1. The molecular weight excluding hydrogens is 428 g/mol. The first-order valence-corrected chi connectivity index (χ1v) is 9.59. The Bertz CT molecular complexity index is 966. The summed E-state index contributed by atoms with van der Waals surface area (Å²) in [6.45, 7) is 1.24. The van der Waals surface area contributed by atoms with Gasteiger partial charge in [-0.05, 0) is 43.3 Å². The van der Waals surface area contributed by atoms with Gasteiger partial charge in [0.15, 0.2) is 0 Å². The zero-order valence-corrected chi connectivity index (χ0v) is 16.0. The summed E-state index contributed by atoms with van der Waals surface area (Å²) >= 11 is 11.6. The molecule has 0 aliphatic carbocycles. The van der Waals surface area contributed by atoms with Crippen molar-refractivity contribution < 1.29 is 26.4 Å². The molecule has 0 spiro atoms. The van der Waals surface area contributed by atoms with Crippen molar-refractivity contribution in [2.75, 3.05) is 5.32 Å². The van der Waals surface area contributed by atoms with Crippen molar-refractivity contribution in [3.63, 3.8) is 0 Å². The van der Waals surface area contributed by atoms with Crippen LogP contribution in [0.5, 0.6) is 0 Å². The zero-order valence-electron chi connectivity index (χ0n) is 13.6. The van der Waals surface area contributed by atoms with Crippen LogP contribution in [0.3, 0.4) is 0 Å². The monoisotopic (exact) mass is 440 g/mol. The number of amides is 1. The van der Waals surface area contributed by atoms with E-state index in [9.17, 15) is 26.4 Å². The van der Waals surface area contributed by atoms with Gasteiger partial charge >= 0.3 is 6.18 Å². The van der Waals surface area contributed by atoms with E-state index in [1.165, 1.54) is 25.1 Å². The molecule has 0 aliphatic heterocycles. The van der Waals surface area contributed by atoms with Crippen LogP contribution >= 0.6 is 23.2 Å². The van der Waals surface area contributed by atoms with E-state index in [2.05, 4.69) is 10.0 Å². The molecule has 0 unspecified atom stereocenters. The average Bonchev–Trinajstić information content (AvgIpc) is 2.56. The maximum Gasteiger partial charge on any atom is 0.416 e. The van der Waals surface area contributed by atoms with Crippen LogP contribution in [-0.2, 0) is 21.0 Å². The molecule has 0 bridgehead atoms. The van der Waals surface area contributed by atoms with Crippen LogP contribution in [0.2, 0.25) is 10.0 Å². The Balaban J connectivity index is 2.15. The molecule has 0 aromatic heterocycles. The Morgan fingerprint density at radius 1 is 1.11 bits per heavy atom. The number of hydrogen-bond acceptors (Lipinski definition) is 3. The number of nitrogens with one attached hydrogen (secondary N) is 2. The summed E-state index contributed by atoms with van der Waals surface area (Å²) in [6.07, 6.45) is -4.57. The lowest BCUT2D eigenvalue weighted by Crippen LogP contribution is -2.41. The van der Waals surface area contributed by atoms with Crippen LogP contribution < -0.4 is 10.0 Å². The third-order valence-electron chi connectivity index (χ3n) is 3.37. The Morgan fingerprint density at radius 3 is 2.41 bits per heavy atom. The molecule has 0 radical (unpaired) electrons. The first-order valence-electron chi connectivity index (χ1n) is 7.35. The minimum absolute atomic E-state index is 0.0996. The third-order valence-corrected chi connectivity index (χ3v) is 5.62. The maximum absolute atomic E-state index is 12.7. The molecule has 0 heterocycles. The van der Waals surface area contributed by atoms with Gasteiger partial charge in [0.25, 0.3) is 0 Å². The molecule has 146 valence electrons. The van der Waals surface area contributed by atoms with E-state index < -0.39 is 33.7 Å². The molecule has 0 saturated carbocycles. The second-order valence-electron chi connectivity index (χ2n) is 5.49. The van der Waals surface area contributed by atoms with Gasteiger partial charge in [-0.1, -0.05) is 29.3 Å². The summed E-state index contributed by atoms with van der Waals surface area (Å²) in [5.74, 6) is -0.851. The molecule has 11 heteroatoms. The Kier molecular flexibility index (Phi) is 6.41. The van der Waals surface area contributed by atoms with Gasteiger partial charge in [0.2, 0.25) is 15.9 Å². The SMILES string of the molecule is C[C@H](NS(=O)(=O)c1cc(Cl)ccc1Cl)C(=O)Nc1cccc(C(F)(F)F)c1. The summed E-state index contributed by atoms with van der Waals surface area (Å²) in [5.41, 5.74) is -1.07. The van der Waals surface area contributed by atoms with E-state index in [1.807, 2.05) is 0 Å². The van der Waals surface area contributed by atoms with Gasteiger partial charge in [-0.2, -0.15) is 17.9 Å². The lowest BCUT2D eigenvalue weighted by Gasteiger charge is -2.16. The molecule has 27 heavy (non-hydrogen) atoms. The average molecular weight is 441 g/mol. The van der Waals surface area contributed by atoms with Gasteiger partial charge in [-0.3, -0.25) is 4.79 Å². The third kappa shape index (κ3) is 5.58. The molecule has 2 aromatic rings. The molecule has 1 atom stereocenters. The van der Waals surface area contributed by atoms with Crippen molar-refractivity contribution >= 4 is 44.8 Å². The van der Waals surface area contributed by atoms with E-state index in [0.717, 1.165) is 24.3 Å². The molecular formula is C16H13Cl2F3N2O3S. The largest absolute Gasteiger partial charge is 0.416 e. The molecule has 2 aromatic carbocycles. The lowest BCUT2D eigenvalue weighted by molar-refractivity contribution is -0.137. The van der Waals surface area contributed by atoms with E-state index in [-0.39, 0.29) is 20.6 Å². The number of sulfonamides is 1. The topological polar surface area (TPSA) is 75.3 Å². The van der Waals surface area contributed by atoms with Gasteiger partial charge in [0.05, 0.1) is 16.6 Å². The quantitative estimate of drug-likeness (QED) is 0.726. The predicted molar refractivity (Wildman–Crippen MR) is 96.3 cm³/mol. The first-order chi connectivity index (χ1) is 12.4. The standard InChI is InChI=1S/C16H13Cl2F3N2O3S/c1-9(23-27(25,26)14-8-11(17)5-6-13(14)18)15(24)22-12-4-2-3-10(7-12)16(19,20)21/h2-9,23H,1H3,(H,22,24)/t9-/m0/s1. The Labute approximate surface area is 163 Å². The number of halogens is 5. The number of carbonyl (C=O) groups is 1. The molecule has 0 fully saturated rings. The summed E-state index contributed by atoms with van der Waals surface area (Å²) < 4.78 is 65.0. The zero-order chi connectivity index (χ0) is 20.4. The summed E-state index contributed by atoms with van der Waals surface area (Å²) in [6, 6.07) is 6.47. The van der Waals surface area contributed by atoms with Crippen LogP contribution in [0.1, 0.15) is 12.5 Å². The summed E-state index contributed by atoms with van der Waals surface area (Å²) in [4.78, 5) is 11.8. The number of benzene rings is 2. The highest BCUT2D eigenvalue weighted by molar-refractivity contribution is 7.89. The minimum atomic E-state index is -4.57. The second-order valence-corrected chi connectivity index (χ2v) is 8.01. The highest BCUT2D eigenvalue weighted by Gasteiger charge is 2.31. The van der Waals surface area contributed by atoms with Crippen LogP contribution in [0.15, 0.2) is 47.4 Å². The van der Waals surface area contributed by atoms with Crippen molar-refractivity contribution in [1.29, 1.82) is 0 Å². The van der Waals surface area contributed by atoms with Gasteiger partial charge in [0, 0.05) is 10.7 Å². The minimum Gasteiger partial charge on any atom is -0.325 e. The normalized spacial score (nSPS) is 13.3. The van der Waals surface area contributed by atoms with Crippen molar-refractivity contribution in [2.45, 2.75) is 24.0 Å². The summed E-state index contributed by atoms with van der Waals surface area (Å²) in [7, 11) is -4.19. The highest BCUT2D eigenvalue weighted by Crippen LogP contribution is 2.30. The Morgan fingerprint density at radius 2 is 1.78 bits per heavy atom. The van der Waals surface area contributed by atoms with E-state index in [1.54, 1.807) is 0 Å². The molecule has 2 rings (SSSR count). The predicted octanol–water partition coefficient (Wildman–Crippen LogP) is 4.32. The van der Waals surface area contributed by atoms with Crippen LogP contribution in [-0.4, -0.2) is 20.4 Å². The molecule has 0 saturated heterocycles. The Hall–Kier alpha value is -1.81. The second kappa shape index (κ2) is 8.05. The smallest absolute Gasteiger partial charge is 0.325 e. The van der Waals surface area contributed by atoms with Crippen molar-refractivity contribution in [2.24, 2.45) is 0 Å². The van der Waals surface area contributed by atoms with E-state index in [0.29, 0.717) is 0 Å². The lowest BCUT2D eigenvalue weighted by atomic mass is 10.2. The fourth-order valence-corrected chi connectivity index (χ4v) is 4.02. The fourth-order valence-electron chi connectivity index (χ4n) is 2.06. The van der Waals surface area contributed by atoms with Crippen molar-refractivity contribution in [3.8, 4) is 0 Å². The van der Waals surface area contributed by atoms with Crippen LogP contribution in [0.4, 0.5) is 18.9 Å².